The normalized spacial score (nSPS) is 9.94. The van der Waals surface area contributed by atoms with Gasteiger partial charge in [0.2, 0.25) is 0 Å². The molecule has 0 fully saturated rings. The molecule has 0 aliphatic carbocycles. The lowest BCUT2D eigenvalue weighted by atomic mass is 10.3. The van der Waals surface area contributed by atoms with Gasteiger partial charge in [-0.05, 0) is 28.9 Å². The van der Waals surface area contributed by atoms with E-state index in [-0.39, 0.29) is 12.5 Å². The lowest BCUT2D eigenvalue weighted by Crippen LogP contribution is -2.32. The van der Waals surface area contributed by atoms with Crippen LogP contribution in [0.1, 0.15) is 17.3 Å². The maximum atomic E-state index is 11.8. The molecule has 1 amide bonds. The quantitative estimate of drug-likeness (QED) is 0.801. The maximum absolute atomic E-state index is 11.8. The van der Waals surface area contributed by atoms with Crippen LogP contribution in [0.3, 0.4) is 0 Å². The Balaban J connectivity index is 2.57. The lowest BCUT2D eigenvalue weighted by Gasteiger charge is -2.14. The minimum Gasteiger partial charge on any atom is -0.465 e. The molecule has 0 atom stereocenters. The number of thiophene rings is 1. The summed E-state index contributed by atoms with van der Waals surface area (Å²) in [5.74, 6) is -0.581. The van der Waals surface area contributed by atoms with Crippen LogP contribution in [0.4, 0.5) is 0 Å². The van der Waals surface area contributed by atoms with E-state index >= 15 is 0 Å². The number of likely N-dealkylation sites (N-methyl/N-ethyl adjacent to an activating group) is 1. The molecule has 0 bridgehead atoms. The van der Waals surface area contributed by atoms with Crippen LogP contribution in [-0.4, -0.2) is 37.0 Å². The Morgan fingerprint density at radius 3 is 2.75 bits per heavy atom. The highest BCUT2D eigenvalue weighted by Crippen LogP contribution is 2.21. The molecule has 88 valence electrons. The van der Waals surface area contributed by atoms with E-state index in [0.29, 0.717) is 12.2 Å². The highest BCUT2D eigenvalue weighted by molar-refractivity contribution is 9.11. The zero-order chi connectivity index (χ0) is 12.1. The Hall–Kier alpha value is -0.880. The van der Waals surface area contributed by atoms with E-state index < -0.39 is 5.97 Å². The van der Waals surface area contributed by atoms with Crippen molar-refractivity contribution in [3.05, 3.63) is 20.8 Å². The van der Waals surface area contributed by atoms with Crippen LogP contribution >= 0.6 is 27.3 Å². The number of nitrogens with zero attached hydrogens (tertiary/aromatic N) is 1. The van der Waals surface area contributed by atoms with Crippen LogP contribution in [0.15, 0.2) is 15.2 Å². The summed E-state index contributed by atoms with van der Waals surface area (Å²) in [7, 11) is 1.57. The van der Waals surface area contributed by atoms with Gasteiger partial charge in [-0.15, -0.1) is 11.3 Å². The summed E-state index contributed by atoms with van der Waals surface area (Å²) in [6.45, 7) is 2.03. The predicted molar refractivity (Wildman–Crippen MR) is 65.6 cm³/mol. The average molecular weight is 306 g/mol. The average Bonchev–Trinajstić information content (AvgIpc) is 2.64. The smallest absolute Gasteiger partial charge is 0.325 e. The van der Waals surface area contributed by atoms with Gasteiger partial charge in [0.25, 0.3) is 5.91 Å². The fourth-order valence-corrected chi connectivity index (χ4v) is 2.25. The van der Waals surface area contributed by atoms with Crippen molar-refractivity contribution in [2.24, 2.45) is 0 Å². The largest absolute Gasteiger partial charge is 0.465 e. The van der Waals surface area contributed by atoms with Gasteiger partial charge in [0.1, 0.15) is 6.54 Å². The van der Waals surface area contributed by atoms with Crippen molar-refractivity contribution in [1.82, 2.24) is 4.90 Å². The van der Waals surface area contributed by atoms with Crippen LogP contribution in [-0.2, 0) is 9.53 Å². The second kappa shape index (κ2) is 6.00. The molecule has 0 spiro atoms. The highest BCUT2D eigenvalue weighted by Gasteiger charge is 2.16. The third kappa shape index (κ3) is 3.61. The van der Waals surface area contributed by atoms with Crippen molar-refractivity contribution in [3.63, 3.8) is 0 Å². The molecule has 1 heterocycles. The van der Waals surface area contributed by atoms with E-state index in [1.165, 1.54) is 16.2 Å². The highest BCUT2D eigenvalue weighted by atomic mass is 79.9. The van der Waals surface area contributed by atoms with Crippen LogP contribution in [0, 0.1) is 0 Å². The minimum atomic E-state index is -0.396. The van der Waals surface area contributed by atoms with Gasteiger partial charge in [-0.3, -0.25) is 9.59 Å². The number of ether oxygens (including phenoxy) is 1. The molecule has 16 heavy (non-hydrogen) atoms. The van der Waals surface area contributed by atoms with Crippen LogP contribution in [0.25, 0.3) is 0 Å². The van der Waals surface area contributed by atoms with Crippen molar-refractivity contribution in [2.45, 2.75) is 6.92 Å². The summed E-state index contributed by atoms with van der Waals surface area (Å²) in [6.07, 6.45) is 0. The van der Waals surface area contributed by atoms with Crippen LogP contribution < -0.4 is 0 Å². The zero-order valence-electron chi connectivity index (χ0n) is 9.03. The first-order valence-corrected chi connectivity index (χ1v) is 6.37. The van der Waals surface area contributed by atoms with E-state index in [0.717, 1.165) is 3.79 Å². The van der Waals surface area contributed by atoms with E-state index in [9.17, 15) is 9.59 Å². The third-order valence-electron chi connectivity index (χ3n) is 1.83. The van der Waals surface area contributed by atoms with Gasteiger partial charge >= 0.3 is 5.97 Å². The standard InChI is InChI=1S/C10H12BrNO3S/c1-3-15-9(13)5-12(2)10(14)7-4-8(11)16-6-7/h4,6H,3,5H2,1-2H3. The molecule has 0 aliphatic heterocycles. The van der Waals surface area contributed by atoms with Gasteiger partial charge in [0, 0.05) is 12.4 Å². The molecule has 6 heteroatoms. The lowest BCUT2D eigenvalue weighted by molar-refractivity contribution is -0.143. The molecule has 0 saturated carbocycles. The molecule has 0 aliphatic rings. The number of carbonyl (C=O) groups is 2. The fraction of sp³-hybridized carbons (Fsp3) is 0.400. The monoisotopic (exact) mass is 305 g/mol. The molecule has 1 aromatic rings. The van der Waals surface area contributed by atoms with Crippen molar-refractivity contribution in [1.29, 1.82) is 0 Å². The number of esters is 1. The van der Waals surface area contributed by atoms with E-state index in [1.54, 1.807) is 25.4 Å². The second-order valence-corrected chi connectivity index (χ2v) is 5.40. The second-order valence-electron chi connectivity index (χ2n) is 3.11. The Kier molecular flexibility index (Phi) is 4.95. The molecule has 0 unspecified atom stereocenters. The molecule has 0 saturated heterocycles. The number of carbonyl (C=O) groups excluding carboxylic acids is 2. The summed E-state index contributed by atoms with van der Waals surface area (Å²) in [6, 6.07) is 1.73. The van der Waals surface area contributed by atoms with Gasteiger partial charge in [-0.1, -0.05) is 0 Å². The van der Waals surface area contributed by atoms with Gasteiger partial charge in [-0.2, -0.15) is 0 Å². The van der Waals surface area contributed by atoms with Crippen molar-refractivity contribution in [2.75, 3.05) is 20.2 Å². The number of hydrogen-bond donors (Lipinski definition) is 0. The summed E-state index contributed by atoms with van der Waals surface area (Å²) < 4.78 is 5.65. The van der Waals surface area contributed by atoms with Crippen molar-refractivity contribution in [3.8, 4) is 0 Å². The Morgan fingerprint density at radius 2 is 2.25 bits per heavy atom. The molecule has 0 N–H and O–H groups in total. The van der Waals surface area contributed by atoms with E-state index in [2.05, 4.69) is 15.9 Å². The predicted octanol–water partition coefficient (Wildman–Crippen LogP) is 2.15. The maximum Gasteiger partial charge on any atom is 0.325 e. The summed E-state index contributed by atoms with van der Waals surface area (Å²) in [5.41, 5.74) is 0.573. The molecular weight excluding hydrogens is 294 g/mol. The first-order valence-electron chi connectivity index (χ1n) is 4.69. The van der Waals surface area contributed by atoms with Gasteiger partial charge in [0.15, 0.2) is 0 Å². The number of rotatable bonds is 4. The third-order valence-corrected chi connectivity index (χ3v) is 3.34. The van der Waals surface area contributed by atoms with Crippen molar-refractivity contribution >= 4 is 39.1 Å². The topological polar surface area (TPSA) is 46.6 Å². The van der Waals surface area contributed by atoms with Crippen LogP contribution in [0.5, 0.6) is 0 Å². The molecule has 1 rings (SSSR count). The Morgan fingerprint density at radius 1 is 1.56 bits per heavy atom. The molecule has 0 aromatic carbocycles. The molecule has 4 nitrogen and oxygen atoms in total. The van der Waals surface area contributed by atoms with E-state index in [4.69, 9.17) is 4.74 Å². The zero-order valence-corrected chi connectivity index (χ0v) is 11.4. The summed E-state index contributed by atoms with van der Waals surface area (Å²) >= 11 is 4.71. The fourth-order valence-electron chi connectivity index (χ4n) is 1.11. The van der Waals surface area contributed by atoms with Crippen molar-refractivity contribution < 1.29 is 14.3 Å². The van der Waals surface area contributed by atoms with Gasteiger partial charge < -0.3 is 9.64 Å². The minimum absolute atomic E-state index is 0.0276. The Labute approximate surface area is 106 Å². The first kappa shape index (κ1) is 13.2. The summed E-state index contributed by atoms with van der Waals surface area (Å²) in [4.78, 5) is 24.3. The van der Waals surface area contributed by atoms with Gasteiger partial charge in [0.05, 0.1) is 16.0 Å². The molecule has 0 radical (unpaired) electrons. The number of amides is 1. The SMILES string of the molecule is CCOC(=O)CN(C)C(=O)c1csc(Br)c1. The first-order chi connectivity index (χ1) is 7.54. The molecule has 1 aromatic heterocycles. The molecular formula is C10H12BrNO3S. The van der Waals surface area contributed by atoms with Crippen LogP contribution in [0.2, 0.25) is 0 Å². The summed E-state index contributed by atoms with van der Waals surface area (Å²) in [5, 5.41) is 1.74. The number of hydrogen-bond acceptors (Lipinski definition) is 4. The van der Waals surface area contributed by atoms with Gasteiger partial charge in [-0.25, -0.2) is 0 Å². The number of halogens is 1. The Bertz CT molecular complexity index is 391. The van der Waals surface area contributed by atoms with E-state index in [1.807, 2.05) is 0 Å².